The molecule has 1 aliphatic rings. The molecule has 1 aliphatic carbocycles. The largest absolute Gasteiger partial charge is 0.302 e. The van der Waals surface area contributed by atoms with Crippen molar-refractivity contribution in [2.75, 3.05) is 0 Å². The van der Waals surface area contributed by atoms with Gasteiger partial charge in [0.05, 0.1) is 0 Å². The first kappa shape index (κ1) is 14.9. The van der Waals surface area contributed by atoms with Crippen LogP contribution in [0.25, 0.3) is 0 Å². The SMILES string of the molecule is Cl.Clc1ccc(C2(NCc3cccs3)CCC2)cc1. The van der Waals surface area contributed by atoms with E-state index < -0.39 is 0 Å². The van der Waals surface area contributed by atoms with Gasteiger partial charge in [-0.05, 0) is 48.4 Å². The second-order valence-corrected chi connectivity index (χ2v) is 6.34. The molecule has 0 bridgehead atoms. The van der Waals surface area contributed by atoms with E-state index in [0.717, 1.165) is 11.6 Å². The van der Waals surface area contributed by atoms with E-state index >= 15 is 0 Å². The van der Waals surface area contributed by atoms with Gasteiger partial charge in [0.15, 0.2) is 0 Å². The third-order valence-electron chi connectivity index (χ3n) is 3.79. The van der Waals surface area contributed by atoms with E-state index in [4.69, 9.17) is 11.6 Å². The Bertz CT molecular complexity index is 503. The van der Waals surface area contributed by atoms with Gasteiger partial charge < -0.3 is 5.32 Å². The van der Waals surface area contributed by atoms with Crippen molar-refractivity contribution in [2.45, 2.75) is 31.3 Å². The summed E-state index contributed by atoms with van der Waals surface area (Å²) in [5.74, 6) is 0. The van der Waals surface area contributed by atoms with Crippen molar-refractivity contribution in [1.82, 2.24) is 5.32 Å². The first-order valence-corrected chi connectivity index (χ1v) is 7.58. The lowest BCUT2D eigenvalue weighted by molar-refractivity contribution is 0.184. The molecule has 0 aliphatic heterocycles. The van der Waals surface area contributed by atoms with Crippen molar-refractivity contribution in [3.8, 4) is 0 Å². The van der Waals surface area contributed by atoms with Crippen LogP contribution in [-0.4, -0.2) is 0 Å². The number of rotatable bonds is 4. The Labute approximate surface area is 129 Å². The van der Waals surface area contributed by atoms with E-state index in [1.807, 2.05) is 23.5 Å². The highest BCUT2D eigenvalue weighted by Gasteiger charge is 2.37. The summed E-state index contributed by atoms with van der Waals surface area (Å²) >= 11 is 7.77. The molecule has 0 saturated heterocycles. The molecular weight excluding hydrogens is 297 g/mol. The minimum atomic E-state index is 0. The molecule has 1 N–H and O–H groups in total. The third kappa shape index (κ3) is 3.14. The van der Waals surface area contributed by atoms with Gasteiger partial charge in [-0.2, -0.15) is 0 Å². The molecule has 0 radical (unpaired) electrons. The van der Waals surface area contributed by atoms with E-state index in [0.29, 0.717) is 0 Å². The van der Waals surface area contributed by atoms with Crippen LogP contribution >= 0.6 is 35.3 Å². The van der Waals surface area contributed by atoms with Crippen LogP contribution in [0.3, 0.4) is 0 Å². The van der Waals surface area contributed by atoms with Gasteiger partial charge in [-0.15, -0.1) is 23.7 Å². The molecule has 2 aromatic rings. The molecule has 0 unspecified atom stereocenters. The van der Waals surface area contributed by atoms with Gasteiger partial charge >= 0.3 is 0 Å². The van der Waals surface area contributed by atoms with Gasteiger partial charge in [0.2, 0.25) is 0 Å². The van der Waals surface area contributed by atoms with Crippen molar-refractivity contribution in [3.05, 3.63) is 57.2 Å². The van der Waals surface area contributed by atoms with Gasteiger partial charge in [0.1, 0.15) is 0 Å². The summed E-state index contributed by atoms with van der Waals surface area (Å²) in [4.78, 5) is 1.40. The maximum Gasteiger partial charge on any atom is 0.0437 e. The van der Waals surface area contributed by atoms with Crippen LogP contribution in [0.15, 0.2) is 41.8 Å². The fraction of sp³-hybridized carbons (Fsp3) is 0.333. The maximum atomic E-state index is 5.96. The predicted molar refractivity (Wildman–Crippen MR) is 85.4 cm³/mol. The quantitative estimate of drug-likeness (QED) is 0.838. The zero-order chi connectivity index (χ0) is 12.4. The molecular formula is C15H17Cl2NS. The Morgan fingerprint density at radius 1 is 1.16 bits per heavy atom. The lowest BCUT2D eigenvalue weighted by Gasteiger charge is -2.43. The lowest BCUT2D eigenvalue weighted by atomic mass is 9.72. The van der Waals surface area contributed by atoms with E-state index in [1.54, 1.807) is 0 Å². The molecule has 3 rings (SSSR count). The van der Waals surface area contributed by atoms with Crippen molar-refractivity contribution in [3.63, 3.8) is 0 Å². The second kappa shape index (κ2) is 6.27. The van der Waals surface area contributed by atoms with Gasteiger partial charge in [0.25, 0.3) is 0 Å². The molecule has 1 nitrogen and oxygen atoms in total. The number of benzene rings is 1. The molecule has 102 valence electrons. The van der Waals surface area contributed by atoms with Crippen molar-refractivity contribution < 1.29 is 0 Å². The van der Waals surface area contributed by atoms with Gasteiger partial charge in [0, 0.05) is 22.0 Å². The molecule has 4 heteroatoms. The van der Waals surface area contributed by atoms with Crippen LogP contribution in [0.4, 0.5) is 0 Å². The summed E-state index contributed by atoms with van der Waals surface area (Å²) in [5, 5.41) is 6.68. The molecule has 19 heavy (non-hydrogen) atoms. The van der Waals surface area contributed by atoms with E-state index in [2.05, 4.69) is 35.0 Å². The Morgan fingerprint density at radius 2 is 1.89 bits per heavy atom. The van der Waals surface area contributed by atoms with Gasteiger partial charge in [-0.3, -0.25) is 0 Å². The Kier molecular flexibility index (Phi) is 4.91. The Balaban J connectivity index is 0.00000133. The van der Waals surface area contributed by atoms with Crippen LogP contribution in [0.2, 0.25) is 5.02 Å². The normalized spacial score (nSPS) is 16.5. The zero-order valence-corrected chi connectivity index (χ0v) is 13.0. The summed E-state index contributed by atoms with van der Waals surface area (Å²) in [5.41, 5.74) is 1.55. The maximum absolute atomic E-state index is 5.96. The van der Waals surface area contributed by atoms with Crippen molar-refractivity contribution >= 4 is 35.3 Å². The molecule has 0 amide bonds. The highest BCUT2D eigenvalue weighted by Crippen LogP contribution is 2.41. The smallest absolute Gasteiger partial charge is 0.0437 e. The fourth-order valence-corrected chi connectivity index (χ4v) is 3.31. The fourth-order valence-electron chi connectivity index (χ4n) is 2.54. The van der Waals surface area contributed by atoms with Gasteiger partial charge in [-0.1, -0.05) is 29.8 Å². The number of nitrogens with one attached hydrogen (secondary N) is 1. The van der Waals surface area contributed by atoms with E-state index in [-0.39, 0.29) is 17.9 Å². The minimum Gasteiger partial charge on any atom is -0.302 e. The second-order valence-electron chi connectivity index (χ2n) is 4.88. The summed E-state index contributed by atoms with van der Waals surface area (Å²) < 4.78 is 0. The molecule has 0 atom stereocenters. The van der Waals surface area contributed by atoms with Crippen LogP contribution in [0.1, 0.15) is 29.7 Å². The van der Waals surface area contributed by atoms with E-state index in [1.165, 1.54) is 29.7 Å². The first-order valence-electron chi connectivity index (χ1n) is 6.32. The van der Waals surface area contributed by atoms with Crippen LogP contribution in [0, 0.1) is 0 Å². The van der Waals surface area contributed by atoms with Crippen LogP contribution in [-0.2, 0) is 12.1 Å². The molecule has 1 heterocycles. The number of halogens is 2. The topological polar surface area (TPSA) is 12.0 Å². The number of hydrogen-bond donors (Lipinski definition) is 1. The lowest BCUT2D eigenvalue weighted by Crippen LogP contribution is -2.47. The number of hydrogen-bond acceptors (Lipinski definition) is 2. The molecule has 1 aromatic heterocycles. The Hall–Kier alpha value is -0.540. The van der Waals surface area contributed by atoms with Crippen LogP contribution < -0.4 is 5.32 Å². The summed E-state index contributed by atoms with van der Waals surface area (Å²) in [7, 11) is 0. The van der Waals surface area contributed by atoms with Crippen molar-refractivity contribution in [1.29, 1.82) is 0 Å². The third-order valence-corrected chi connectivity index (χ3v) is 4.91. The standard InChI is InChI=1S/C15H16ClNS.ClH/c16-13-6-4-12(5-7-13)15(8-2-9-15)17-11-14-3-1-10-18-14;/h1,3-7,10,17H,2,8-9,11H2;1H. The Morgan fingerprint density at radius 3 is 2.42 bits per heavy atom. The molecule has 1 saturated carbocycles. The predicted octanol–water partition coefficient (Wildman–Crippen LogP) is 4.99. The summed E-state index contributed by atoms with van der Waals surface area (Å²) in [6, 6.07) is 12.6. The van der Waals surface area contributed by atoms with Gasteiger partial charge in [-0.25, -0.2) is 0 Å². The first-order chi connectivity index (χ1) is 8.78. The van der Waals surface area contributed by atoms with Crippen LogP contribution in [0.5, 0.6) is 0 Å². The van der Waals surface area contributed by atoms with Crippen molar-refractivity contribution in [2.24, 2.45) is 0 Å². The number of thiophene rings is 1. The zero-order valence-electron chi connectivity index (χ0n) is 10.6. The minimum absolute atomic E-state index is 0. The highest BCUT2D eigenvalue weighted by molar-refractivity contribution is 7.09. The summed E-state index contributed by atoms with van der Waals surface area (Å²) in [6.45, 7) is 0.959. The van der Waals surface area contributed by atoms with E-state index in [9.17, 15) is 0 Å². The highest BCUT2D eigenvalue weighted by atomic mass is 35.5. The average molecular weight is 314 g/mol. The summed E-state index contributed by atoms with van der Waals surface area (Å²) in [6.07, 6.45) is 3.75. The monoisotopic (exact) mass is 313 g/mol. The molecule has 0 spiro atoms. The average Bonchev–Trinajstić information content (AvgIpc) is 2.83. The molecule has 1 aromatic carbocycles. The molecule has 1 fully saturated rings.